The molecule has 0 rings (SSSR count). The lowest BCUT2D eigenvalue weighted by molar-refractivity contribution is -0.122. The van der Waals surface area contributed by atoms with E-state index < -0.39 is 12.1 Å². The van der Waals surface area contributed by atoms with Crippen LogP contribution in [0.15, 0.2) is 4.99 Å². The summed E-state index contributed by atoms with van der Waals surface area (Å²) in [7, 11) is 0. The molecule has 7 nitrogen and oxygen atoms in total. The second-order valence-electron chi connectivity index (χ2n) is 2.08. The minimum absolute atomic E-state index is 0.217. The number of aliphatic imine (C=N–C) groups is 1. The van der Waals surface area contributed by atoms with Crippen molar-refractivity contribution in [2.24, 2.45) is 27.9 Å². The zero-order valence-corrected chi connectivity index (χ0v) is 6.66. The maximum atomic E-state index is 10.9. The van der Waals surface area contributed by atoms with Crippen LogP contribution in [0.25, 0.3) is 0 Å². The Hall–Kier alpha value is -1.34. The molecule has 1 atom stereocenters. The Morgan fingerprint density at radius 3 is 2.50 bits per heavy atom. The first-order valence-electron chi connectivity index (χ1n) is 3.40. The van der Waals surface area contributed by atoms with Gasteiger partial charge in [0.2, 0.25) is 0 Å². The fraction of sp³-hybridized carbons (Fsp3) is 0.600. The Kier molecular flexibility index (Phi) is 4.73. The van der Waals surface area contributed by atoms with Gasteiger partial charge in [0, 0.05) is 13.1 Å². The number of guanidine groups is 1. The van der Waals surface area contributed by atoms with E-state index >= 15 is 0 Å². The standard InChI is InChI=1S/C5H14N6O/c6-1-2-10-4(12)3(7)11-5(8)9/h3H,1-2,6-7H2,(H,10,12)(H4,8,9,11). The molecule has 0 aliphatic rings. The van der Waals surface area contributed by atoms with Gasteiger partial charge in [-0.2, -0.15) is 0 Å². The summed E-state index contributed by atoms with van der Waals surface area (Å²) in [4.78, 5) is 14.4. The second-order valence-corrected chi connectivity index (χ2v) is 2.08. The zero-order valence-electron chi connectivity index (χ0n) is 6.66. The van der Waals surface area contributed by atoms with Gasteiger partial charge in [-0.05, 0) is 0 Å². The molecule has 0 aromatic heterocycles. The van der Waals surface area contributed by atoms with Crippen molar-refractivity contribution < 1.29 is 4.79 Å². The van der Waals surface area contributed by atoms with E-state index in [1.807, 2.05) is 0 Å². The third-order valence-electron chi connectivity index (χ3n) is 1.00. The average Bonchev–Trinajstić information content (AvgIpc) is 1.98. The minimum atomic E-state index is -1.05. The third kappa shape index (κ3) is 4.47. The number of carbonyl (C=O) groups is 1. The molecule has 12 heavy (non-hydrogen) atoms. The highest BCUT2D eigenvalue weighted by molar-refractivity contribution is 5.85. The van der Waals surface area contributed by atoms with Gasteiger partial charge >= 0.3 is 0 Å². The Morgan fingerprint density at radius 1 is 1.50 bits per heavy atom. The number of rotatable bonds is 4. The number of nitrogens with one attached hydrogen (secondary N) is 1. The largest absolute Gasteiger partial charge is 0.370 e. The van der Waals surface area contributed by atoms with Crippen molar-refractivity contribution in [1.29, 1.82) is 0 Å². The zero-order chi connectivity index (χ0) is 9.56. The van der Waals surface area contributed by atoms with Crippen LogP contribution < -0.4 is 28.3 Å². The summed E-state index contributed by atoms with van der Waals surface area (Å²) in [5.74, 6) is -0.667. The molecule has 0 aromatic carbocycles. The molecule has 70 valence electrons. The molecule has 0 aliphatic carbocycles. The van der Waals surface area contributed by atoms with Gasteiger partial charge in [-0.3, -0.25) is 4.79 Å². The highest BCUT2D eigenvalue weighted by atomic mass is 16.2. The highest BCUT2D eigenvalue weighted by Gasteiger charge is 2.10. The minimum Gasteiger partial charge on any atom is -0.370 e. The van der Waals surface area contributed by atoms with Gasteiger partial charge < -0.3 is 28.3 Å². The lowest BCUT2D eigenvalue weighted by atomic mass is 10.4. The molecule has 1 unspecified atom stereocenters. The molecule has 7 heteroatoms. The van der Waals surface area contributed by atoms with Gasteiger partial charge in [0.1, 0.15) is 0 Å². The molecule has 0 heterocycles. The first kappa shape index (κ1) is 10.7. The first-order valence-corrected chi connectivity index (χ1v) is 3.40. The van der Waals surface area contributed by atoms with E-state index in [9.17, 15) is 4.79 Å². The van der Waals surface area contributed by atoms with Crippen molar-refractivity contribution in [2.45, 2.75) is 6.17 Å². The molecule has 0 aliphatic heterocycles. The van der Waals surface area contributed by atoms with Crippen LogP contribution in [0.4, 0.5) is 0 Å². The van der Waals surface area contributed by atoms with Crippen LogP contribution in [0, 0.1) is 0 Å². The van der Waals surface area contributed by atoms with Crippen molar-refractivity contribution in [1.82, 2.24) is 5.32 Å². The van der Waals surface area contributed by atoms with Crippen LogP contribution in [0.5, 0.6) is 0 Å². The molecule has 0 saturated carbocycles. The van der Waals surface area contributed by atoms with Gasteiger partial charge in [-0.15, -0.1) is 0 Å². The smallest absolute Gasteiger partial charge is 0.259 e. The van der Waals surface area contributed by atoms with Crippen molar-refractivity contribution in [3.63, 3.8) is 0 Å². The van der Waals surface area contributed by atoms with Crippen LogP contribution in [-0.2, 0) is 4.79 Å². The summed E-state index contributed by atoms with van der Waals surface area (Å²) in [6.07, 6.45) is -1.05. The summed E-state index contributed by atoms with van der Waals surface area (Å²) in [5.41, 5.74) is 20.4. The predicted octanol–water partition coefficient (Wildman–Crippen LogP) is -3.38. The van der Waals surface area contributed by atoms with E-state index in [0.717, 1.165) is 0 Å². The highest BCUT2D eigenvalue weighted by Crippen LogP contribution is 1.79. The van der Waals surface area contributed by atoms with E-state index in [1.54, 1.807) is 0 Å². The normalized spacial score (nSPS) is 11.8. The van der Waals surface area contributed by atoms with E-state index in [4.69, 9.17) is 22.9 Å². The maximum absolute atomic E-state index is 10.9. The summed E-state index contributed by atoms with van der Waals surface area (Å²) in [5, 5.41) is 2.43. The van der Waals surface area contributed by atoms with Gasteiger partial charge in [0.25, 0.3) is 5.91 Å². The summed E-state index contributed by atoms with van der Waals surface area (Å²) < 4.78 is 0. The topological polar surface area (TPSA) is 146 Å². The predicted molar refractivity (Wildman–Crippen MR) is 45.8 cm³/mol. The number of hydrogen-bond acceptors (Lipinski definition) is 4. The average molecular weight is 174 g/mol. The van der Waals surface area contributed by atoms with E-state index in [1.165, 1.54) is 0 Å². The molecule has 0 spiro atoms. The molecule has 9 N–H and O–H groups in total. The number of nitrogens with zero attached hydrogens (tertiary/aromatic N) is 1. The Balaban J connectivity index is 3.85. The molecule has 0 aromatic rings. The fourth-order valence-corrected chi connectivity index (χ4v) is 0.519. The Bertz CT molecular complexity index is 175. The maximum Gasteiger partial charge on any atom is 0.259 e. The Labute approximate surface area is 70.2 Å². The van der Waals surface area contributed by atoms with E-state index in [-0.39, 0.29) is 5.96 Å². The molecule has 0 bridgehead atoms. The monoisotopic (exact) mass is 174 g/mol. The summed E-state index contributed by atoms with van der Waals surface area (Å²) >= 11 is 0. The van der Waals surface area contributed by atoms with Crippen LogP contribution >= 0.6 is 0 Å². The van der Waals surface area contributed by atoms with E-state index in [2.05, 4.69) is 10.3 Å². The van der Waals surface area contributed by atoms with Gasteiger partial charge in [0.15, 0.2) is 12.1 Å². The molecule has 0 fully saturated rings. The number of amides is 1. The van der Waals surface area contributed by atoms with Crippen molar-refractivity contribution in [2.75, 3.05) is 13.1 Å². The van der Waals surface area contributed by atoms with Crippen LogP contribution in [0.1, 0.15) is 0 Å². The van der Waals surface area contributed by atoms with Crippen LogP contribution in [-0.4, -0.2) is 31.1 Å². The lowest BCUT2D eigenvalue weighted by Gasteiger charge is -2.06. The van der Waals surface area contributed by atoms with Crippen LogP contribution in [0.2, 0.25) is 0 Å². The summed E-state index contributed by atoms with van der Waals surface area (Å²) in [6, 6.07) is 0. The lowest BCUT2D eigenvalue weighted by Crippen LogP contribution is -2.43. The molecular weight excluding hydrogens is 160 g/mol. The van der Waals surface area contributed by atoms with Crippen molar-refractivity contribution in [3.05, 3.63) is 0 Å². The first-order chi connectivity index (χ1) is 5.57. The Morgan fingerprint density at radius 2 is 2.08 bits per heavy atom. The second kappa shape index (κ2) is 5.33. The number of hydrogen-bond donors (Lipinski definition) is 5. The third-order valence-corrected chi connectivity index (χ3v) is 1.00. The quantitative estimate of drug-likeness (QED) is 0.223. The number of nitrogens with two attached hydrogens (primary N) is 4. The molecule has 0 radical (unpaired) electrons. The van der Waals surface area contributed by atoms with Gasteiger partial charge in [-0.25, -0.2) is 4.99 Å². The van der Waals surface area contributed by atoms with Gasteiger partial charge in [-0.1, -0.05) is 0 Å². The number of carbonyl (C=O) groups excluding carboxylic acids is 1. The molecule has 0 saturated heterocycles. The summed E-state index contributed by atoms with van der Waals surface area (Å²) in [6.45, 7) is 0.701. The SMILES string of the molecule is NCCNC(=O)C(N)N=C(N)N. The van der Waals surface area contributed by atoms with Crippen molar-refractivity contribution in [3.8, 4) is 0 Å². The molecule has 1 amide bonds. The van der Waals surface area contributed by atoms with Crippen LogP contribution in [0.3, 0.4) is 0 Å². The molecular formula is C5H14N6O. The fourth-order valence-electron chi connectivity index (χ4n) is 0.519. The van der Waals surface area contributed by atoms with Gasteiger partial charge in [0.05, 0.1) is 0 Å². The van der Waals surface area contributed by atoms with E-state index in [0.29, 0.717) is 13.1 Å². The van der Waals surface area contributed by atoms with Crippen molar-refractivity contribution >= 4 is 11.9 Å².